The van der Waals surface area contributed by atoms with Crippen LogP contribution < -0.4 is 0 Å². The Morgan fingerprint density at radius 3 is 2.43 bits per heavy atom. The van der Waals surface area contributed by atoms with Crippen molar-refractivity contribution in [2.75, 3.05) is 6.67 Å². The summed E-state index contributed by atoms with van der Waals surface area (Å²) < 4.78 is 12.1. The topological polar surface area (TPSA) is 0 Å². The Kier molecular flexibility index (Phi) is 7.77. The summed E-state index contributed by atoms with van der Waals surface area (Å²) in [5, 5.41) is 0.840. The summed E-state index contributed by atoms with van der Waals surface area (Å²) in [4.78, 5) is 0. The number of alkyl halides is 2. The van der Waals surface area contributed by atoms with E-state index in [0.717, 1.165) is 10.9 Å². The number of rotatable bonds is 3. The third-order valence-electron chi connectivity index (χ3n) is 1.93. The molecule has 0 heterocycles. The molecule has 2 heteroatoms. The van der Waals surface area contributed by atoms with E-state index in [-0.39, 0.29) is 6.67 Å². The fourth-order valence-corrected chi connectivity index (χ4v) is 1.53. The summed E-state index contributed by atoms with van der Waals surface area (Å²) in [6, 6.07) is 6.16. The largest absolute Gasteiger partial charge is 0.251 e. The van der Waals surface area contributed by atoms with Gasteiger partial charge in [0.15, 0.2) is 0 Å². The van der Waals surface area contributed by atoms with E-state index in [2.05, 4.69) is 28.1 Å². The number of hydrogen-bond acceptors (Lipinski definition) is 0. The fourth-order valence-electron chi connectivity index (χ4n) is 1.18. The predicted octanol–water partition coefficient (Wildman–Crippen LogP) is 4.43. The molecule has 0 amide bonds. The van der Waals surface area contributed by atoms with E-state index >= 15 is 0 Å². The van der Waals surface area contributed by atoms with E-state index in [1.54, 1.807) is 0 Å². The highest BCUT2D eigenvalue weighted by Gasteiger charge is 1.99. The van der Waals surface area contributed by atoms with E-state index in [0.29, 0.717) is 6.42 Å². The molecule has 0 aliphatic heterocycles. The highest BCUT2D eigenvalue weighted by atomic mass is 79.9. The van der Waals surface area contributed by atoms with Gasteiger partial charge in [-0.15, -0.1) is 0 Å². The highest BCUT2D eigenvalue weighted by Crippen LogP contribution is 2.14. The standard InChI is InChI=1S/C10H12BrF.C2H6/c1-8-2-3-9(7-11)6-10(8)4-5-12;1-2/h2-3,6H,4-5,7H2,1H3;1-2H3. The predicted molar refractivity (Wildman–Crippen MR) is 64.8 cm³/mol. The summed E-state index contributed by atoms with van der Waals surface area (Å²) in [6.07, 6.45) is 0.534. The third kappa shape index (κ3) is 4.23. The van der Waals surface area contributed by atoms with Crippen LogP contribution in [0.1, 0.15) is 30.5 Å². The molecule has 0 N–H and O–H groups in total. The first-order valence-electron chi connectivity index (χ1n) is 4.98. The number of hydrogen-bond donors (Lipinski definition) is 0. The molecule has 0 unspecified atom stereocenters. The number of halogens is 2. The van der Waals surface area contributed by atoms with Gasteiger partial charge in [-0.3, -0.25) is 4.39 Å². The molecular weight excluding hydrogens is 243 g/mol. The Hall–Kier alpha value is -0.370. The van der Waals surface area contributed by atoms with Gasteiger partial charge in [0.1, 0.15) is 0 Å². The van der Waals surface area contributed by atoms with Crippen LogP contribution in [-0.2, 0) is 11.8 Å². The normalized spacial score (nSPS) is 9.21. The molecule has 1 aromatic carbocycles. The van der Waals surface area contributed by atoms with Crippen LogP contribution in [0.5, 0.6) is 0 Å². The smallest absolute Gasteiger partial charge is 0.0934 e. The van der Waals surface area contributed by atoms with Gasteiger partial charge in [-0.1, -0.05) is 48.0 Å². The number of aryl methyl sites for hydroxylation is 2. The molecule has 0 saturated heterocycles. The van der Waals surface area contributed by atoms with Crippen LogP contribution in [-0.4, -0.2) is 6.67 Å². The molecule has 0 aromatic heterocycles. The van der Waals surface area contributed by atoms with Gasteiger partial charge in [0.05, 0.1) is 6.67 Å². The maximum atomic E-state index is 12.1. The van der Waals surface area contributed by atoms with Crippen LogP contribution in [0.15, 0.2) is 18.2 Å². The first-order valence-corrected chi connectivity index (χ1v) is 6.10. The molecule has 0 aliphatic carbocycles. The molecule has 0 fully saturated rings. The number of benzene rings is 1. The minimum absolute atomic E-state index is 0.271. The van der Waals surface area contributed by atoms with E-state index in [1.165, 1.54) is 11.1 Å². The van der Waals surface area contributed by atoms with Gasteiger partial charge in [-0.2, -0.15) is 0 Å². The Morgan fingerprint density at radius 1 is 1.29 bits per heavy atom. The van der Waals surface area contributed by atoms with Gasteiger partial charge in [-0.05, 0) is 23.6 Å². The molecule has 0 atom stereocenters. The quantitative estimate of drug-likeness (QED) is 0.706. The summed E-state index contributed by atoms with van der Waals surface area (Å²) in [5.74, 6) is 0. The molecule has 1 rings (SSSR count). The zero-order chi connectivity index (χ0) is 11.0. The molecule has 1 aromatic rings. The minimum Gasteiger partial charge on any atom is -0.251 e. The second-order valence-corrected chi connectivity index (χ2v) is 3.39. The van der Waals surface area contributed by atoms with Crippen molar-refractivity contribution < 1.29 is 4.39 Å². The first-order chi connectivity index (χ1) is 6.77. The molecule has 0 nitrogen and oxygen atoms in total. The van der Waals surface area contributed by atoms with Crippen LogP contribution in [0, 0.1) is 6.92 Å². The molecule has 0 spiro atoms. The molecule has 0 saturated carbocycles. The Balaban J connectivity index is 0.000000791. The lowest BCUT2D eigenvalue weighted by Gasteiger charge is -2.04. The lowest BCUT2D eigenvalue weighted by Crippen LogP contribution is -1.92. The van der Waals surface area contributed by atoms with Crippen molar-refractivity contribution in [3.63, 3.8) is 0 Å². The molecule has 80 valence electrons. The summed E-state index contributed by atoms with van der Waals surface area (Å²) >= 11 is 3.37. The van der Waals surface area contributed by atoms with E-state index in [9.17, 15) is 4.39 Å². The molecule has 0 aliphatic rings. The van der Waals surface area contributed by atoms with Crippen molar-refractivity contribution in [1.29, 1.82) is 0 Å². The second kappa shape index (κ2) is 7.98. The van der Waals surface area contributed by atoms with E-state index < -0.39 is 0 Å². The van der Waals surface area contributed by atoms with Crippen LogP contribution in [0.3, 0.4) is 0 Å². The molecule has 0 bridgehead atoms. The van der Waals surface area contributed by atoms with Crippen molar-refractivity contribution in [2.24, 2.45) is 0 Å². The van der Waals surface area contributed by atoms with Crippen LogP contribution in [0.2, 0.25) is 0 Å². The van der Waals surface area contributed by atoms with Crippen molar-refractivity contribution >= 4 is 15.9 Å². The van der Waals surface area contributed by atoms with E-state index in [1.807, 2.05) is 26.8 Å². The van der Waals surface area contributed by atoms with Gasteiger partial charge >= 0.3 is 0 Å². The fraction of sp³-hybridized carbons (Fsp3) is 0.500. The zero-order valence-electron chi connectivity index (χ0n) is 9.11. The summed E-state index contributed by atoms with van der Waals surface area (Å²) in [7, 11) is 0. The van der Waals surface area contributed by atoms with Crippen molar-refractivity contribution in [3.8, 4) is 0 Å². The van der Waals surface area contributed by atoms with Crippen molar-refractivity contribution in [3.05, 3.63) is 34.9 Å². The van der Waals surface area contributed by atoms with Crippen molar-refractivity contribution in [2.45, 2.75) is 32.5 Å². The van der Waals surface area contributed by atoms with Crippen molar-refractivity contribution in [1.82, 2.24) is 0 Å². The molecule has 0 radical (unpaired) electrons. The lowest BCUT2D eigenvalue weighted by molar-refractivity contribution is 0.494. The van der Waals surface area contributed by atoms with Crippen LogP contribution in [0.25, 0.3) is 0 Å². The Bertz CT molecular complexity index is 258. The summed E-state index contributed by atoms with van der Waals surface area (Å²) in [5.41, 5.74) is 3.51. The maximum absolute atomic E-state index is 12.1. The highest BCUT2D eigenvalue weighted by molar-refractivity contribution is 9.08. The van der Waals surface area contributed by atoms with Gasteiger partial charge in [-0.25, -0.2) is 0 Å². The zero-order valence-corrected chi connectivity index (χ0v) is 10.7. The lowest BCUT2D eigenvalue weighted by atomic mass is 10.0. The Morgan fingerprint density at radius 2 is 1.93 bits per heavy atom. The third-order valence-corrected chi connectivity index (χ3v) is 2.58. The SMILES string of the molecule is CC.Cc1ccc(CBr)cc1CCF. The second-order valence-electron chi connectivity index (χ2n) is 2.83. The average Bonchev–Trinajstić information content (AvgIpc) is 2.24. The average molecular weight is 261 g/mol. The van der Waals surface area contributed by atoms with Gasteiger partial charge in [0, 0.05) is 11.8 Å². The van der Waals surface area contributed by atoms with Gasteiger partial charge < -0.3 is 0 Å². The van der Waals surface area contributed by atoms with Gasteiger partial charge in [0.2, 0.25) is 0 Å². The van der Waals surface area contributed by atoms with Crippen LogP contribution in [0.4, 0.5) is 4.39 Å². The van der Waals surface area contributed by atoms with Crippen LogP contribution >= 0.6 is 15.9 Å². The molecule has 14 heavy (non-hydrogen) atoms. The monoisotopic (exact) mass is 260 g/mol. The maximum Gasteiger partial charge on any atom is 0.0934 e. The summed E-state index contributed by atoms with van der Waals surface area (Å²) in [6.45, 7) is 5.75. The van der Waals surface area contributed by atoms with E-state index in [4.69, 9.17) is 0 Å². The molecular formula is C12H18BrF. The first kappa shape index (κ1) is 13.6. The minimum atomic E-state index is -0.271. The van der Waals surface area contributed by atoms with Gasteiger partial charge in [0.25, 0.3) is 0 Å². The Labute approximate surface area is 94.7 Å².